The summed E-state index contributed by atoms with van der Waals surface area (Å²) in [4.78, 5) is 0. The fraction of sp³-hybridized carbons (Fsp3) is 0.515. The molecule has 0 N–H and O–H groups in total. The third-order valence-electron chi connectivity index (χ3n) is 11.8. The van der Waals surface area contributed by atoms with Crippen LogP contribution in [-0.2, 0) is 0 Å². The van der Waals surface area contributed by atoms with Crippen LogP contribution in [-0.4, -0.2) is 78.2 Å². The number of aryl methyl sites for hydroxylation is 3. The minimum Gasteiger partial charge on any atom is -0.497 e. The van der Waals surface area contributed by atoms with Gasteiger partial charge < -0.3 is 52.1 Å². The molecule has 110 heavy (non-hydrogen) atoms. The molecule has 0 aromatic heterocycles. The quantitative estimate of drug-likeness (QED) is 0.124. The maximum atomic E-state index is 5.39. The van der Waals surface area contributed by atoms with Crippen molar-refractivity contribution in [1.29, 1.82) is 0 Å². The maximum absolute atomic E-state index is 5.39. The first-order valence-corrected chi connectivity index (χ1v) is 41.1. The lowest BCUT2D eigenvalue weighted by Crippen LogP contribution is -1.99. The fourth-order valence-electron chi connectivity index (χ4n) is 6.88. The monoisotopic (exact) mass is 1550 g/mol. The molecule has 644 valence electrons. The van der Waals surface area contributed by atoms with Gasteiger partial charge in [0.25, 0.3) is 0 Å². The number of benzene rings is 8. The van der Waals surface area contributed by atoms with Gasteiger partial charge in [-0.05, 0) is 185 Å². The first-order chi connectivity index (χ1) is 53.6. The largest absolute Gasteiger partial charge is 0.497 e. The number of para-hydroxylation sites is 7. The smallest absolute Gasteiger partial charge is 0.160 e. The average molecular weight is 1550 g/mol. The zero-order valence-corrected chi connectivity index (χ0v) is 81.7. The van der Waals surface area contributed by atoms with E-state index in [9.17, 15) is 0 Å². The zero-order chi connectivity index (χ0) is 90.3. The van der Waals surface area contributed by atoms with Crippen molar-refractivity contribution in [2.45, 2.75) is 277 Å². The Morgan fingerprint density at radius 2 is 0.345 bits per heavy atom. The van der Waals surface area contributed by atoms with Gasteiger partial charge in [-0.15, -0.1) is 0 Å². The molecule has 8 aromatic carbocycles. The van der Waals surface area contributed by atoms with Gasteiger partial charge in [0.05, 0.1) is 78.2 Å². The molecule has 0 saturated heterocycles. The van der Waals surface area contributed by atoms with Crippen LogP contribution in [0.1, 0.15) is 266 Å². The van der Waals surface area contributed by atoms with Gasteiger partial charge in [-0.2, -0.15) is 0 Å². The molecule has 11 heteroatoms. The van der Waals surface area contributed by atoms with Crippen LogP contribution in [0.15, 0.2) is 176 Å². The van der Waals surface area contributed by atoms with Crippen LogP contribution in [0.4, 0.5) is 0 Å². The highest BCUT2D eigenvalue weighted by Crippen LogP contribution is 2.32. The zero-order valence-electron chi connectivity index (χ0n) is 81.7. The number of hydrogen-bond acceptors (Lipinski definition) is 11. The predicted octanol–water partition coefficient (Wildman–Crippen LogP) is 32.5. The molecular weight excluding hydrogens is 1370 g/mol. The minimum atomic E-state index is 0.769. The first-order valence-electron chi connectivity index (χ1n) is 41.1. The summed E-state index contributed by atoms with van der Waals surface area (Å²) in [6.07, 6.45) is 0. The minimum absolute atomic E-state index is 0.769. The van der Waals surface area contributed by atoms with E-state index in [0.29, 0.717) is 0 Å². The van der Waals surface area contributed by atoms with Gasteiger partial charge in [0.15, 0.2) is 23.0 Å². The molecule has 0 fully saturated rings. The SMILES string of the molecule is CC.CC.CC.CC.CC.CC.CC.CC.CC.CC.CC.CC.CC.CC.CC.CC.COc1c(C)c(C)c(C)c(C)c1C.COc1cc(C)ccc1C.COc1ccc(OC)cc1.COc1ccccc1.COc1ccccc1.COc1ccccc1C.COc1ccccc1OC.COc1ccccc1OC. The molecule has 0 heterocycles. The van der Waals surface area contributed by atoms with E-state index in [0.717, 1.165) is 63.2 Å². The Kier molecular flexibility index (Phi) is 162. The van der Waals surface area contributed by atoms with Gasteiger partial charge in [-0.1, -0.05) is 313 Å². The summed E-state index contributed by atoms with van der Waals surface area (Å²) in [5.41, 5.74) is 10.2. The van der Waals surface area contributed by atoms with Crippen molar-refractivity contribution >= 4 is 0 Å². The van der Waals surface area contributed by atoms with E-state index < -0.39 is 0 Å². The molecule has 0 aliphatic rings. The molecule has 0 atom stereocenters. The van der Waals surface area contributed by atoms with Gasteiger partial charge >= 0.3 is 0 Å². The second-order valence-corrected chi connectivity index (χ2v) is 16.7. The molecule has 11 nitrogen and oxygen atoms in total. The molecule has 8 aromatic rings. The van der Waals surface area contributed by atoms with E-state index in [1.807, 2.05) is 399 Å². The van der Waals surface area contributed by atoms with E-state index in [-0.39, 0.29) is 0 Å². The second kappa shape index (κ2) is 127. The topological polar surface area (TPSA) is 102 Å². The van der Waals surface area contributed by atoms with Gasteiger partial charge in [-0.25, -0.2) is 0 Å². The van der Waals surface area contributed by atoms with E-state index >= 15 is 0 Å². The van der Waals surface area contributed by atoms with Crippen molar-refractivity contribution in [3.8, 4) is 63.2 Å². The Hall–Kier alpha value is -8.44. The molecule has 0 radical (unpaired) electrons. The summed E-state index contributed by atoms with van der Waals surface area (Å²) in [5, 5.41) is 0. The summed E-state index contributed by atoms with van der Waals surface area (Å²) in [5.74, 6) is 9.56. The predicted molar refractivity (Wildman–Crippen MR) is 503 cm³/mol. The van der Waals surface area contributed by atoms with Crippen molar-refractivity contribution in [2.24, 2.45) is 0 Å². The first kappa shape index (κ1) is 140. The average Bonchev–Trinajstić information content (AvgIpc) is 0.804. The number of hydrogen-bond donors (Lipinski definition) is 0. The van der Waals surface area contributed by atoms with Crippen molar-refractivity contribution in [2.75, 3.05) is 78.2 Å². The number of rotatable bonds is 11. The summed E-state index contributed by atoms with van der Waals surface area (Å²) >= 11 is 0. The standard InChI is InChI=1S/C12H18O.C9H12O.3C8H10O2.C8H10O.2C7H8O.16C2H6/c1-7-8(2)10(4)12(13-6)11(5)9(7)3;1-7-4-5-8(2)9(6-7)10-3;1-9-7-3-5-8(10-2)6-4-7;2*1-9-7-5-3-4-6-8(7)10-2;1-7-5-3-4-6-8(7)9-2;2*1-8-7-5-3-2-4-6-7;16*1-2/h1-6H3;4-6H,1-3H3;3*3-6H,1-2H3;3-6H,1-2H3;2*2-6H,1H3;16*1-2H3. The van der Waals surface area contributed by atoms with Crippen LogP contribution in [0.5, 0.6) is 63.2 Å². The van der Waals surface area contributed by atoms with E-state index in [1.54, 1.807) is 78.2 Å². The van der Waals surface area contributed by atoms with Crippen LogP contribution in [0.3, 0.4) is 0 Å². The highest BCUT2D eigenvalue weighted by Gasteiger charge is 2.12. The summed E-state index contributed by atoms with van der Waals surface area (Å²) in [7, 11) is 18.2. The summed E-state index contributed by atoms with van der Waals surface area (Å²) in [6, 6.07) is 56.0. The third-order valence-corrected chi connectivity index (χ3v) is 11.8. The van der Waals surface area contributed by atoms with Gasteiger partial charge in [0.1, 0.15) is 40.2 Å². The Balaban J connectivity index is -0.0000000623. The summed E-state index contributed by atoms with van der Waals surface area (Å²) < 4.78 is 55.4. The number of methoxy groups -OCH3 is 11. The van der Waals surface area contributed by atoms with Gasteiger partial charge in [0.2, 0.25) is 0 Å². The molecule has 0 spiro atoms. The molecule has 8 rings (SSSR count). The Morgan fingerprint density at radius 3 is 0.527 bits per heavy atom. The van der Waals surface area contributed by atoms with Crippen LogP contribution < -0.4 is 52.1 Å². The third kappa shape index (κ3) is 80.6. The molecule has 0 aliphatic heterocycles. The molecule has 0 saturated carbocycles. The number of ether oxygens (including phenoxy) is 11. The lowest BCUT2D eigenvalue weighted by atomic mass is 9.94. The van der Waals surface area contributed by atoms with Gasteiger partial charge in [-0.3, -0.25) is 0 Å². The van der Waals surface area contributed by atoms with Gasteiger partial charge in [0, 0.05) is 0 Å². The van der Waals surface area contributed by atoms with Crippen LogP contribution >= 0.6 is 0 Å². The van der Waals surface area contributed by atoms with Crippen molar-refractivity contribution < 1.29 is 52.1 Å². The molecule has 0 unspecified atom stereocenters. The Bertz CT molecular complexity index is 2640. The van der Waals surface area contributed by atoms with Crippen molar-refractivity contribution in [1.82, 2.24) is 0 Å². The Morgan fingerprint density at radius 1 is 0.155 bits per heavy atom. The van der Waals surface area contributed by atoms with E-state index in [2.05, 4.69) is 53.7 Å². The molecule has 0 amide bonds. The lowest BCUT2D eigenvalue weighted by Gasteiger charge is -2.16. The van der Waals surface area contributed by atoms with E-state index in [1.165, 1.54) is 44.5 Å². The highest BCUT2D eigenvalue weighted by atomic mass is 16.5. The molecule has 0 bridgehead atoms. The maximum Gasteiger partial charge on any atom is 0.160 e. The van der Waals surface area contributed by atoms with Crippen LogP contribution in [0.2, 0.25) is 0 Å². The second-order valence-electron chi connectivity index (χ2n) is 16.7. The van der Waals surface area contributed by atoms with Crippen molar-refractivity contribution in [3.05, 3.63) is 220 Å². The van der Waals surface area contributed by atoms with Crippen LogP contribution in [0.25, 0.3) is 0 Å². The highest BCUT2D eigenvalue weighted by molar-refractivity contribution is 5.53. The van der Waals surface area contributed by atoms with E-state index in [4.69, 9.17) is 52.1 Å². The molecular formula is C99H182O11. The fourth-order valence-corrected chi connectivity index (χ4v) is 6.88. The normalized spacial score (nSPS) is 7.41. The van der Waals surface area contributed by atoms with Crippen molar-refractivity contribution in [3.63, 3.8) is 0 Å². The Labute approximate surface area is 687 Å². The lowest BCUT2D eigenvalue weighted by molar-refractivity contribution is 0.355. The molecule has 0 aliphatic carbocycles. The van der Waals surface area contributed by atoms with Crippen LogP contribution in [0, 0.1) is 55.4 Å². The summed E-state index contributed by atoms with van der Waals surface area (Å²) in [6.45, 7) is 80.8.